The smallest absolute Gasteiger partial charge is 0.327 e. The Bertz CT molecular complexity index is 418. The van der Waals surface area contributed by atoms with Crippen LogP contribution in [0.15, 0.2) is 24.3 Å². The van der Waals surface area contributed by atoms with E-state index in [0.717, 1.165) is 0 Å². The van der Waals surface area contributed by atoms with Gasteiger partial charge in [-0.2, -0.15) is 17.6 Å². The lowest BCUT2D eigenvalue weighted by molar-refractivity contribution is -0.286. The fourth-order valence-corrected chi connectivity index (χ4v) is 2.37. The second kappa shape index (κ2) is 3.77. The highest BCUT2D eigenvalue weighted by Crippen LogP contribution is 2.62. The van der Waals surface area contributed by atoms with Crippen molar-refractivity contribution in [2.45, 2.75) is 23.1 Å². The number of alkyl halides is 5. The van der Waals surface area contributed by atoms with Crippen LogP contribution in [-0.2, 0) is 0 Å². The van der Waals surface area contributed by atoms with Crippen molar-refractivity contribution < 1.29 is 17.6 Å². The van der Waals surface area contributed by atoms with Crippen LogP contribution in [0.4, 0.5) is 23.2 Å². The van der Waals surface area contributed by atoms with Gasteiger partial charge < -0.3 is 5.32 Å². The van der Waals surface area contributed by atoms with Crippen molar-refractivity contribution in [2.24, 2.45) is 0 Å². The van der Waals surface area contributed by atoms with E-state index in [1.54, 1.807) is 19.2 Å². The molecule has 1 aromatic carbocycles. The molecule has 0 saturated heterocycles. The summed E-state index contributed by atoms with van der Waals surface area (Å²) in [6, 6.07) is 5.86. The van der Waals surface area contributed by atoms with Crippen LogP contribution >= 0.6 is 11.6 Å². The van der Waals surface area contributed by atoms with Crippen LogP contribution in [-0.4, -0.2) is 24.3 Å². The first kappa shape index (κ1) is 12.5. The van der Waals surface area contributed by atoms with Gasteiger partial charge in [0.1, 0.15) is 5.38 Å². The summed E-state index contributed by atoms with van der Waals surface area (Å²) in [6.45, 7) is 0. The highest BCUT2D eigenvalue weighted by Gasteiger charge is 2.78. The first-order chi connectivity index (χ1) is 7.82. The number of benzene rings is 1. The van der Waals surface area contributed by atoms with E-state index in [9.17, 15) is 17.6 Å². The van der Waals surface area contributed by atoms with E-state index in [4.69, 9.17) is 11.6 Å². The Balaban J connectivity index is 2.29. The molecule has 1 fully saturated rings. The molecule has 0 amide bonds. The number of hydrogen-bond acceptors (Lipinski definition) is 1. The average Bonchev–Trinajstić information content (AvgIpc) is 2.29. The summed E-state index contributed by atoms with van der Waals surface area (Å²) < 4.78 is 52.3. The number of rotatable bonds is 2. The molecule has 94 valence electrons. The fraction of sp³-hybridized carbons (Fsp3) is 0.455. The van der Waals surface area contributed by atoms with Gasteiger partial charge in [0.2, 0.25) is 0 Å². The minimum absolute atomic E-state index is 0.125. The van der Waals surface area contributed by atoms with Crippen molar-refractivity contribution in [2.75, 3.05) is 12.4 Å². The van der Waals surface area contributed by atoms with Gasteiger partial charge in [0.05, 0.1) is 5.92 Å². The number of halogens is 5. The van der Waals surface area contributed by atoms with Gasteiger partial charge in [0.15, 0.2) is 0 Å². The quantitative estimate of drug-likeness (QED) is 0.636. The maximum Gasteiger partial charge on any atom is 0.327 e. The first-order valence-electron chi connectivity index (χ1n) is 4.99. The van der Waals surface area contributed by atoms with E-state index >= 15 is 0 Å². The van der Waals surface area contributed by atoms with Gasteiger partial charge >= 0.3 is 11.8 Å². The molecule has 1 aliphatic carbocycles. The zero-order valence-electron chi connectivity index (χ0n) is 8.85. The molecule has 0 radical (unpaired) electrons. The topological polar surface area (TPSA) is 12.0 Å². The molecule has 0 aliphatic heterocycles. The Morgan fingerprint density at radius 3 is 2.00 bits per heavy atom. The maximum absolute atomic E-state index is 13.2. The standard InChI is InChI=1S/C11H10ClF4N/c1-17-7-4-2-6(3-5-7)8-9(12)11(15,16)10(8,13)14/h2-5,8-9,17H,1H3. The molecule has 0 spiro atoms. The summed E-state index contributed by atoms with van der Waals surface area (Å²) in [5, 5.41) is 0.946. The minimum atomic E-state index is -4.14. The summed E-state index contributed by atoms with van der Waals surface area (Å²) in [7, 11) is 1.67. The van der Waals surface area contributed by atoms with Crippen LogP contribution in [0.3, 0.4) is 0 Å². The highest BCUT2D eigenvalue weighted by atomic mass is 35.5. The van der Waals surface area contributed by atoms with Gasteiger partial charge in [-0.15, -0.1) is 11.6 Å². The van der Waals surface area contributed by atoms with Gasteiger partial charge in [0.25, 0.3) is 0 Å². The number of anilines is 1. The molecule has 1 N–H and O–H groups in total. The molecule has 2 rings (SSSR count). The van der Waals surface area contributed by atoms with Gasteiger partial charge in [-0.05, 0) is 17.7 Å². The molecule has 6 heteroatoms. The molecule has 2 atom stereocenters. The van der Waals surface area contributed by atoms with Crippen LogP contribution in [0, 0.1) is 0 Å². The largest absolute Gasteiger partial charge is 0.388 e. The molecule has 2 unspecified atom stereocenters. The molecule has 1 nitrogen and oxygen atoms in total. The Morgan fingerprint density at radius 1 is 1.06 bits per heavy atom. The SMILES string of the molecule is CNc1ccc(C2C(Cl)C(F)(F)C2(F)F)cc1. The molecule has 0 aromatic heterocycles. The predicted octanol–water partition coefficient (Wildman–Crippen LogP) is 3.70. The summed E-state index contributed by atoms with van der Waals surface area (Å²) in [6.07, 6.45) is 0. The molecule has 0 heterocycles. The van der Waals surface area contributed by atoms with Crippen LogP contribution in [0.2, 0.25) is 0 Å². The minimum Gasteiger partial charge on any atom is -0.388 e. The summed E-state index contributed by atoms with van der Waals surface area (Å²) in [5.74, 6) is -9.85. The van der Waals surface area contributed by atoms with Gasteiger partial charge in [-0.3, -0.25) is 0 Å². The average molecular weight is 268 g/mol. The highest BCUT2D eigenvalue weighted by molar-refractivity contribution is 6.23. The third kappa shape index (κ3) is 1.59. The molecule has 1 aliphatic rings. The molecule has 0 bridgehead atoms. The van der Waals surface area contributed by atoms with E-state index in [2.05, 4.69) is 5.32 Å². The predicted molar refractivity (Wildman–Crippen MR) is 58.3 cm³/mol. The third-order valence-corrected chi connectivity index (χ3v) is 3.56. The normalized spacial score (nSPS) is 29.5. The van der Waals surface area contributed by atoms with Crippen molar-refractivity contribution in [3.05, 3.63) is 29.8 Å². The Kier molecular flexibility index (Phi) is 2.77. The number of nitrogens with one attached hydrogen (secondary N) is 1. The summed E-state index contributed by atoms with van der Waals surface area (Å²) in [4.78, 5) is 0. The molecule has 17 heavy (non-hydrogen) atoms. The molecule has 1 aromatic rings. The van der Waals surface area contributed by atoms with Crippen molar-refractivity contribution in [1.29, 1.82) is 0 Å². The van der Waals surface area contributed by atoms with Crippen LogP contribution in [0.25, 0.3) is 0 Å². The number of hydrogen-bond donors (Lipinski definition) is 1. The lowest BCUT2D eigenvalue weighted by Gasteiger charge is -2.48. The van der Waals surface area contributed by atoms with E-state index < -0.39 is 23.1 Å². The Morgan fingerprint density at radius 2 is 1.59 bits per heavy atom. The summed E-state index contributed by atoms with van der Waals surface area (Å²) in [5.41, 5.74) is 0.842. The monoisotopic (exact) mass is 267 g/mol. The second-order valence-electron chi connectivity index (χ2n) is 4.00. The van der Waals surface area contributed by atoms with Crippen molar-refractivity contribution in [3.63, 3.8) is 0 Å². The second-order valence-corrected chi connectivity index (χ2v) is 4.47. The Labute approximate surface area is 101 Å². The van der Waals surface area contributed by atoms with Crippen LogP contribution in [0.5, 0.6) is 0 Å². The fourth-order valence-electron chi connectivity index (χ4n) is 1.92. The van der Waals surface area contributed by atoms with E-state index in [1.165, 1.54) is 12.1 Å². The van der Waals surface area contributed by atoms with Crippen molar-refractivity contribution >= 4 is 17.3 Å². The zero-order valence-corrected chi connectivity index (χ0v) is 9.61. The van der Waals surface area contributed by atoms with E-state index in [-0.39, 0.29) is 5.56 Å². The lowest BCUT2D eigenvalue weighted by atomic mass is 9.72. The van der Waals surface area contributed by atoms with Crippen molar-refractivity contribution in [3.8, 4) is 0 Å². The lowest BCUT2D eigenvalue weighted by Crippen LogP contribution is -2.66. The first-order valence-corrected chi connectivity index (χ1v) is 5.43. The molecular formula is C11H10ClF4N. The Hall–Kier alpha value is -0.970. The molecular weight excluding hydrogens is 258 g/mol. The maximum atomic E-state index is 13.2. The summed E-state index contributed by atoms with van der Waals surface area (Å²) >= 11 is 5.35. The van der Waals surface area contributed by atoms with Gasteiger partial charge in [-0.25, -0.2) is 0 Å². The zero-order chi connectivity index (χ0) is 12.8. The molecule has 1 saturated carbocycles. The third-order valence-electron chi connectivity index (χ3n) is 3.03. The van der Waals surface area contributed by atoms with Crippen molar-refractivity contribution in [1.82, 2.24) is 0 Å². The van der Waals surface area contributed by atoms with Crippen LogP contribution < -0.4 is 5.32 Å². The van der Waals surface area contributed by atoms with Crippen LogP contribution in [0.1, 0.15) is 11.5 Å². The van der Waals surface area contributed by atoms with E-state index in [0.29, 0.717) is 5.69 Å². The van der Waals surface area contributed by atoms with Gasteiger partial charge in [0, 0.05) is 12.7 Å². The van der Waals surface area contributed by atoms with E-state index in [1.807, 2.05) is 0 Å². The van der Waals surface area contributed by atoms with Gasteiger partial charge in [-0.1, -0.05) is 12.1 Å².